The molecule has 24 heavy (non-hydrogen) atoms. The lowest BCUT2D eigenvalue weighted by Crippen LogP contribution is -2.12. The number of nitrogens with zero attached hydrogens (tertiary/aromatic N) is 1. The summed E-state index contributed by atoms with van der Waals surface area (Å²) in [7, 11) is 0. The van der Waals surface area contributed by atoms with Crippen molar-refractivity contribution in [3.05, 3.63) is 77.4 Å². The Morgan fingerprint density at radius 1 is 0.917 bits per heavy atom. The quantitative estimate of drug-likeness (QED) is 0.549. The molecule has 0 amide bonds. The van der Waals surface area contributed by atoms with Gasteiger partial charge in [-0.1, -0.05) is 41.6 Å². The molecule has 0 fully saturated rings. The Kier molecular flexibility index (Phi) is 3.91. The van der Waals surface area contributed by atoms with Crippen LogP contribution in [0.5, 0.6) is 5.75 Å². The first-order valence-electron chi connectivity index (χ1n) is 8.28. The van der Waals surface area contributed by atoms with Gasteiger partial charge >= 0.3 is 0 Å². The van der Waals surface area contributed by atoms with Crippen LogP contribution < -0.4 is 4.74 Å². The van der Waals surface area contributed by atoms with E-state index in [2.05, 4.69) is 53.7 Å². The van der Waals surface area contributed by atoms with Gasteiger partial charge in [-0.05, 0) is 65.4 Å². The average Bonchev–Trinajstić information content (AvgIpc) is 2.65. The van der Waals surface area contributed by atoms with Crippen molar-refractivity contribution in [2.45, 2.75) is 25.9 Å². The highest BCUT2D eigenvalue weighted by atomic mass is 16.5. The largest absolute Gasteiger partial charge is 0.489 e. The maximum atomic E-state index is 9.10. The molecule has 0 radical (unpaired) electrons. The van der Waals surface area contributed by atoms with Gasteiger partial charge in [0.2, 0.25) is 0 Å². The number of rotatable bonds is 3. The molecule has 0 bridgehead atoms. The van der Waals surface area contributed by atoms with E-state index in [0.717, 1.165) is 41.9 Å². The van der Waals surface area contributed by atoms with E-state index in [9.17, 15) is 0 Å². The van der Waals surface area contributed by atoms with Crippen molar-refractivity contribution in [3.8, 4) is 5.75 Å². The number of fused-ring (bicyclic) bond motifs is 2. The Bertz CT molecular complexity index is 915. The van der Waals surface area contributed by atoms with Gasteiger partial charge in [0.25, 0.3) is 0 Å². The monoisotopic (exact) mass is 317 g/mol. The molecule has 0 saturated carbocycles. The summed E-state index contributed by atoms with van der Waals surface area (Å²) in [5.41, 5.74) is 4.17. The van der Waals surface area contributed by atoms with Crippen LogP contribution >= 0.6 is 0 Å². The molecule has 0 aromatic heterocycles. The number of hydrogen-bond acceptors (Lipinski definition) is 3. The summed E-state index contributed by atoms with van der Waals surface area (Å²) in [5, 5.41) is 15.0. The molecule has 120 valence electrons. The van der Waals surface area contributed by atoms with Crippen molar-refractivity contribution >= 4 is 16.5 Å². The summed E-state index contributed by atoms with van der Waals surface area (Å²) in [6.07, 6.45) is 2.85. The summed E-state index contributed by atoms with van der Waals surface area (Å²) < 4.78 is 5.97. The fraction of sp³-hybridized carbons (Fsp3) is 0.190. The van der Waals surface area contributed by atoms with E-state index in [4.69, 9.17) is 9.94 Å². The summed E-state index contributed by atoms with van der Waals surface area (Å²) >= 11 is 0. The third-order valence-corrected chi connectivity index (χ3v) is 4.59. The molecule has 0 atom stereocenters. The molecule has 3 aromatic carbocycles. The van der Waals surface area contributed by atoms with Gasteiger partial charge in [0.15, 0.2) is 0 Å². The zero-order valence-electron chi connectivity index (χ0n) is 13.4. The molecule has 0 aliphatic heterocycles. The Morgan fingerprint density at radius 2 is 1.79 bits per heavy atom. The summed E-state index contributed by atoms with van der Waals surface area (Å²) in [5.74, 6) is 0.862. The number of hydrogen-bond donors (Lipinski definition) is 1. The second kappa shape index (κ2) is 6.36. The molecule has 1 aliphatic carbocycles. The van der Waals surface area contributed by atoms with Crippen molar-refractivity contribution in [2.24, 2.45) is 5.16 Å². The van der Waals surface area contributed by atoms with Crippen molar-refractivity contribution < 1.29 is 9.94 Å². The molecular weight excluding hydrogens is 298 g/mol. The van der Waals surface area contributed by atoms with Gasteiger partial charge < -0.3 is 9.94 Å². The second-order valence-corrected chi connectivity index (χ2v) is 6.19. The molecule has 0 saturated heterocycles. The van der Waals surface area contributed by atoms with Gasteiger partial charge in [0.1, 0.15) is 12.4 Å². The number of benzene rings is 3. The van der Waals surface area contributed by atoms with Crippen LogP contribution in [-0.2, 0) is 13.0 Å². The van der Waals surface area contributed by atoms with E-state index < -0.39 is 0 Å². The second-order valence-electron chi connectivity index (χ2n) is 6.19. The summed E-state index contributed by atoms with van der Waals surface area (Å²) in [4.78, 5) is 0. The van der Waals surface area contributed by atoms with Crippen LogP contribution in [0.15, 0.2) is 65.8 Å². The molecule has 1 aliphatic rings. The highest BCUT2D eigenvalue weighted by Gasteiger charge is 2.16. The zero-order chi connectivity index (χ0) is 16.4. The third-order valence-electron chi connectivity index (χ3n) is 4.59. The molecule has 4 rings (SSSR count). The topological polar surface area (TPSA) is 41.8 Å². The highest BCUT2D eigenvalue weighted by Crippen LogP contribution is 2.26. The molecule has 0 heterocycles. The number of ether oxygens (including phenoxy) is 1. The van der Waals surface area contributed by atoms with E-state index in [1.54, 1.807) is 0 Å². The lowest BCUT2D eigenvalue weighted by molar-refractivity contribution is 0.306. The Balaban J connectivity index is 1.53. The van der Waals surface area contributed by atoms with E-state index in [1.165, 1.54) is 16.3 Å². The van der Waals surface area contributed by atoms with E-state index in [0.29, 0.717) is 6.61 Å². The Labute approximate surface area is 141 Å². The van der Waals surface area contributed by atoms with Crippen molar-refractivity contribution in [1.82, 2.24) is 0 Å². The van der Waals surface area contributed by atoms with Crippen LogP contribution in [0, 0.1) is 0 Å². The molecule has 0 spiro atoms. The standard InChI is InChI=1S/C21H19NO2/c23-22-21-7-3-6-18-13-19(10-11-20(18)21)24-14-15-8-9-16-4-1-2-5-17(16)12-15/h1-2,4-5,8-13,23H,3,6-7,14H2/b22-21+. The lowest BCUT2D eigenvalue weighted by atomic mass is 9.90. The van der Waals surface area contributed by atoms with Crippen LogP contribution in [0.3, 0.4) is 0 Å². The van der Waals surface area contributed by atoms with Crippen LogP contribution in [0.1, 0.15) is 29.5 Å². The van der Waals surface area contributed by atoms with Gasteiger partial charge in [-0.2, -0.15) is 0 Å². The third kappa shape index (κ3) is 2.85. The molecule has 3 heteroatoms. The van der Waals surface area contributed by atoms with Gasteiger partial charge in [-0.15, -0.1) is 0 Å². The van der Waals surface area contributed by atoms with E-state index in [-0.39, 0.29) is 0 Å². The van der Waals surface area contributed by atoms with Gasteiger partial charge in [0, 0.05) is 5.56 Å². The molecule has 3 aromatic rings. The predicted octanol–water partition coefficient (Wildman–Crippen LogP) is 4.93. The van der Waals surface area contributed by atoms with Crippen molar-refractivity contribution in [3.63, 3.8) is 0 Å². The minimum absolute atomic E-state index is 0.546. The van der Waals surface area contributed by atoms with Crippen molar-refractivity contribution in [2.75, 3.05) is 0 Å². The maximum Gasteiger partial charge on any atom is 0.120 e. The molecular formula is C21H19NO2. The van der Waals surface area contributed by atoms with Gasteiger partial charge in [0.05, 0.1) is 5.71 Å². The fourth-order valence-electron chi connectivity index (χ4n) is 3.33. The molecule has 3 nitrogen and oxygen atoms in total. The average molecular weight is 317 g/mol. The van der Waals surface area contributed by atoms with Crippen LogP contribution in [0.2, 0.25) is 0 Å². The highest BCUT2D eigenvalue weighted by molar-refractivity contribution is 6.02. The first-order chi connectivity index (χ1) is 11.8. The van der Waals surface area contributed by atoms with Crippen LogP contribution in [0.25, 0.3) is 10.8 Å². The van der Waals surface area contributed by atoms with E-state index in [1.807, 2.05) is 12.1 Å². The summed E-state index contributed by atoms with van der Waals surface area (Å²) in [6, 6.07) is 20.8. The number of aryl methyl sites for hydroxylation is 1. The Hall–Kier alpha value is -2.81. The molecule has 0 unspecified atom stereocenters. The lowest BCUT2D eigenvalue weighted by Gasteiger charge is -2.18. The predicted molar refractivity (Wildman–Crippen MR) is 96.0 cm³/mol. The van der Waals surface area contributed by atoms with Crippen LogP contribution in [-0.4, -0.2) is 10.9 Å². The first-order valence-corrected chi connectivity index (χ1v) is 8.28. The minimum Gasteiger partial charge on any atom is -0.489 e. The first kappa shape index (κ1) is 14.8. The summed E-state index contributed by atoms with van der Waals surface area (Å²) in [6.45, 7) is 0.546. The minimum atomic E-state index is 0.546. The van der Waals surface area contributed by atoms with Crippen LogP contribution in [0.4, 0.5) is 0 Å². The smallest absolute Gasteiger partial charge is 0.120 e. The molecule has 1 N–H and O–H groups in total. The van der Waals surface area contributed by atoms with Gasteiger partial charge in [-0.3, -0.25) is 0 Å². The van der Waals surface area contributed by atoms with Crippen molar-refractivity contribution in [1.29, 1.82) is 0 Å². The Morgan fingerprint density at radius 3 is 2.67 bits per heavy atom. The fourth-order valence-corrected chi connectivity index (χ4v) is 3.33. The van der Waals surface area contributed by atoms with Gasteiger partial charge in [-0.25, -0.2) is 0 Å². The zero-order valence-corrected chi connectivity index (χ0v) is 13.4. The maximum absolute atomic E-state index is 9.10. The van der Waals surface area contributed by atoms with E-state index >= 15 is 0 Å². The SMILES string of the molecule is O/N=C1\CCCc2cc(OCc3ccc4ccccc4c3)ccc21. The number of oxime groups is 1. The normalized spacial score (nSPS) is 15.4.